The van der Waals surface area contributed by atoms with Gasteiger partial charge in [0.05, 0.1) is 24.3 Å². The summed E-state index contributed by atoms with van der Waals surface area (Å²) in [5.74, 6) is 0.320. The molecule has 0 fully saturated rings. The molecule has 0 bridgehead atoms. The molecule has 0 saturated heterocycles. The molecule has 27 heavy (non-hydrogen) atoms. The van der Waals surface area contributed by atoms with Gasteiger partial charge in [-0.15, -0.1) is 0 Å². The van der Waals surface area contributed by atoms with Crippen molar-refractivity contribution in [3.63, 3.8) is 0 Å². The van der Waals surface area contributed by atoms with Gasteiger partial charge >= 0.3 is 5.63 Å². The molecule has 5 nitrogen and oxygen atoms in total. The van der Waals surface area contributed by atoms with Crippen LogP contribution in [0.4, 0.5) is 4.39 Å². The van der Waals surface area contributed by atoms with Gasteiger partial charge in [-0.25, -0.2) is 9.18 Å². The third kappa shape index (κ3) is 3.50. The van der Waals surface area contributed by atoms with E-state index in [9.17, 15) is 9.18 Å². The van der Waals surface area contributed by atoms with Crippen molar-refractivity contribution in [2.24, 2.45) is 0 Å². The van der Waals surface area contributed by atoms with E-state index in [0.717, 1.165) is 6.07 Å². The number of halogens is 3. The van der Waals surface area contributed by atoms with Gasteiger partial charge in [-0.3, -0.25) is 0 Å². The first-order valence-corrected chi connectivity index (χ1v) is 8.50. The van der Waals surface area contributed by atoms with E-state index in [2.05, 4.69) is 5.16 Å². The molecule has 3 aromatic rings. The van der Waals surface area contributed by atoms with Crippen molar-refractivity contribution in [1.82, 2.24) is 5.16 Å². The Hall–Kier alpha value is -2.57. The van der Waals surface area contributed by atoms with E-state index in [4.69, 9.17) is 37.2 Å². The van der Waals surface area contributed by atoms with Gasteiger partial charge in [0.25, 0.3) is 0 Å². The van der Waals surface area contributed by atoms with Crippen molar-refractivity contribution >= 4 is 23.2 Å². The minimum absolute atomic E-state index is 0.123. The Kier molecular flexibility index (Phi) is 5.39. The van der Waals surface area contributed by atoms with Crippen LogP contribution < -0.4 is 15.1 Å². The molecule has 0 unspecified atom stereocenters. The SMILES string of the molecule is COc1cc(OC)c(Cl)c(-c2noc(=O)c(C)c2-c2ccc(F)cc2Cl)c1. The fraction of sp³-hybridized carbons (Fsp3) is 0.158. The van der Waals surface area contributed by atoms with Crippen LogP contribution in [0.15, 0.2) is 39.6 Å². The molecule has 0 aliphatic rings. The average Bonchev–Trinajstić information content (AvgIpc) is 2.65. The van der Waals surface area contributed by atoms with Crippen molar-refractivity contribution in [2.75, 3.05) is 14.2 Å². The van der Waals surface area contributed by atoms with E-state index in [1.807, 2.05) is 0 Å². The van der Waals surface area contributed by atoms with Gasteiger partial charge in [0.2, 0.25) is 0 Å². The fourth-order valence-corrected chi connectivity index (χ4v) is 3.24. The van der Waals surface area contributed by atoms with Crippen LogP contribution in [0.3, 0.4) is 0 Å². The van der Waals surface area contributed by atoms with Crippen LogP contribution in [0, 0.1) is 12.7 Å². The number of hydrogen-bond acceptors (Lipinski definition) is 5. The van der Waals surface area contributed by atoms with Crippen LogP contribution in [0.2, 0.25) is 10.0 Å². The van der Waals surface area contributed by atoms with Crippen LogP contribution >= 0.6 is 23.2 Å². The monoisotopic (exact) mass is 409 g/mol. The summed E-state index contributed by atoms with van der Waals surface area (Å²) >= 11 is 12.7. The number of nitrogens with zero attached hydrogens (tertiary/aromatic N) is 1. The van der Waals surface area contributed by atoms with E-state index in [1.54, 1.807) is 19.1 Å². The van der Waals surface area contributed by atoms with E-state index in [-0.39, 0.29) is 21.3 Å². The number of hydrogen-bond donors (Lipinski definition) is 0. The Labute approximate surface area is 164 Å². The molecule has 140 valence electrons. The number of benzene rings is 2. The zero-order valence-corrected chi connectivity index (χ0v) is 16.1. The minimum atomic E-state index is -0.639. The Morgan fingerprint density at radius 3 is 2.44 bits per heavy atom. The fourth-order valence-electron chi connectivity index (χ4n) is 2.70. The molecule has 3 rings (SSSR count). The molecule has 0 atom stereocenters. The molecule has 1 heterocycles. The summed E-state index contributed by atoms with van der Waals surface area (Å²) in [5.41, 5.74) is 1.08. The molecule has 8 heteroatoms. The molecule has 2 aromatic carbocycles. The van der Waals surface area contributed by atoms with Crippen LogP contribution in [-0.2, 0) is 0 Å². The van der Waals surface area contributed by atoms with Crippen LogP contribution in [-0.4, -0.2) is 19.4 Å². The van der Waals surface area contributed by atoms with Crippen molar-refractivity contribution in [3.05, 3.63) is 62.2 Å². The maximum Gasteiger partial charge on any atom is 0.362 e. The molecule has 0 aliphatic heterocycles. The predicted molar refractivity (Wildman–Crippen MR) is 101 cm³/mol. The minimum Gasteiger partial charge on any atom is -0.497 e. The molecular weight excluding hydrogens is 396 g/mol. The first-order valence-electron chi connectivity index (χ1n) is 7.75. The maximum absolute atomic E-state index is 13.5. The topological polar surface area (TPSA) is 61.6 Å². The highest BCUT2D eigenvalue weighted by Crippen LogP contribution is 2.43. The highest BCUT2D eigenvalue weighted by molar-refractivity contribution is 6.35. The molecule has 0 radical (unpaired) electrons. The van der Waals surface area contributed by atoms with Gasteiger partial charge in [-0.2, -0.15) is 0 Å². The van der Waals surface area contributed by atoms with Crippen LogP contribution in [0.25, 0.3) is 22.4 Å². The number of ether oxygens (including phenoxy) is 2. The maximum atomic E-state index is 13.5. The largest absolute Gasteiger partial charge is 0.497 e. The van der Waals surface area contributed by atoms with Crippen LogP contribution in [0.1, 0.15) is 5.56 Å². The van der Waals surface area contributed by atoms with Gasteiger partial charge in [0.1, 0.15) is 23.0 Å². The Morgan fingerprint density at radius 1 is 1.07 bits per heavy atom. The Morgan fingerprint density at radius 2 is 1.81 bits per heavy atom. The summed E-state index contributed by atoms with van der Waals surface area (Å²) in [7, 11) is 2.96. The summed E-state index contributed by atoms with van der Waals surface area (Å²) < 4.78 is 29.0. The van der Waals surface area contributed by atoms with Gasteiger partial charge < -0.3 is 14.0 Å². The quantitative estimate of drug-likeness (QED) is 0.596. The number of rotatable bonds is 4. The number of aromatic nitrogens is 1. The molecular formula is C19H14Cl2FNO4. The highest BCUT2D eigenvalue weighted by atomic mass is 35.5. The molecule has 0 N–H and O–H groups in total. The highest BCUT2D eigenvalue weighted by Gasteiger charge is 2.23. The molecule has 0 aliphatic carbocycles. The van der Waals surface area contributed by atoms with E-state index >= 15 is 0 Å². The van der Waals surface area contributed by atoms with Crippen molar-refractivity contribution in [1.29, 1.82) is 0 Å². The summed E-state index contributed by atoms with van der Waals surface area (Å²) in [6, 6.07) is 7.11. The zero-order valence-electron chi connectivity index (χ0n) is 14.6. The lowest BCUT2D eigenvalue weighted by Crippen LogP contribution is -2.09. The van der Waals surface area contributed by atoms with E-state index in [1.165, 1.54) is 26.4 Å². The van der Waals surface area contributed by atoms with E-state index < -0.39 is 11.4 Å². The first-order chi connectivity index (χ1) is 12.9. The van der Waals surface area contributed by atoms with Gasteiger partial charge in [0, 0.05) is 28.3 Å². The first kappa shape index (κ1) is 19.2. The van der Waals surface area contributed by atoms with Gasteiger partial charge in [0.15, 0.2) is 0 Å². The van der Waals surface area contributed by atoms with Gasteiger partial charge in [-0.1, -0.05) is 28.4 Å². The zero-order chi connectivity index (χ0) is 19.7. The smallest absolute Gasteiger partial charge is 0.362 e. The number of methoxy groups -OCH3 is 2. The second-order valence-corrected chi connectivity index (χ2v) is 6.42. The summed E-state index contributed by atoms with van der Waals surface area (Å²) in [4.78, 5) is 12.1. The van der Waals surface area contributed by atoms with Crippen molar-refractivity contribution in [3.8, 4) is 33.9 Å². The van der Waals surface area contributed by atoms with E-state index in [0.29, 0.717) is 28.2 Å². The lowest BCUT2D eigenvalue weighted by molar-refractivity contribution is 0.370. The van der Waals surface area contributed by atoms with Crippen molar-refractivity contribution in [2.45, 2.75) is 6.92 Å². The molecule has 1 aromatic heterocycles. The molecule has 0 saturated carbocycles. The predicted octanol–water partition coefficient (Wildman–Crippen LogP) is 5.14. The van der Waals surface area contributed by atoms with Gasteiger partial charge in [-0.05, 0) is 31.2 Å². The van der Waals surface area contributed by atoms with Crippen molar-refractivity contribution < 1.29 is 18.4 Å². The Balaban J connectivity index is 2.40. The summed E-state index contributed by atoms with van der Waals surface area (Å²) in [6.07, 6.45) is 0. The second-order valence-electron chi connectivity index (χ2n) is 5.63. The summed E-state index contributed by atoms with van der Waals surface area (Å²) in [5, 5.41) is 4.30. The normalized spacial score (nSPS) is 10.7. The molecule has 0 spiro atoms. The Bertz CT molecular complexity index is 1080. The summed E-state index contributed by atoms with van der Waals surface area (Å²) in [6.45, 7) is 1.57. The average molecular weight is 410 g/mol. The molecule has 0 amide bonds. The van der Waals surface area contributed by atoms with Crippen LogP contribution in [0.5, 0.6) is 11.5 Å². The lowest BCUT2D eigenvalue weighted by Gasteiger charge is -2.15. The third-order valence-corrected chi connectivity index (χ3v) is 4.76. The second kappa shape index (κ2) is 7.58. The lowest BCUT2D eigenvalue weighted by atomic mass is 9.96. The standard InChI is InChI=1S/C19H14Cl2FNO4/c1-9-16(12-5-4-10(22)6-14(12)20)18(23-27-19(9)24)13-7-11(25-2)8-15(26-3)17(13)21/h4-8H,1-3H3. The third-order valence-electron chi connectivity index (χ3n) is 4.06.